The highest BCUT2D eigenvalue weighted by atomic mass is 16.6. The molecular formula is C19H17NO4. The van der Waals surface area contributed by atoms with Gasteiger partial charge < -0.3 is 14.8 Å². The molecule has 122 valence electrons. The van der Waals surface area contributed by atoms with E-state index in [9.17, 15) is 9.59 Å². The lowest BCUT2D eigenvalue weighted by Crippen LogP contribution is -2.61. The SMILES string of the molecule is O=C1c2ccccc2C(=O)C1(Nc1ccccc1)C1COCCO1. The van der Waals surface area contributed by atoms with E-state index >= 15 is 0 Å². The maximum atomic E-state index is 13.2. The summed E-state index contributed by atoms with van der Waals surface area (Å²) in [5.74, 6) is -0.523. The van der Waals surface area contributed by atoms with Crippen LogP contribution in [0.2, 0.25) is 0 Å². The summed E-state index contributed by atoms with van der Waals surface area (Å²) in [5.41, 5.74) is 0.0761. The van der Waals surface area contributed by atoms with E-state index in [1.807, 2.05) is 30.3 Å². The molecule has 0 aromatic heterocycles. The molecule has 1 unspecified atom stereocenters. The molecule has 0 amide bonds. The second-order valence-corrected chi connectivity index (χ2v) is 5.94. The van der Waals surface area contributed by atoms with Crippen LogP contribution < -0.4 is 5.32 Å². The van der Waals surface area contributed by atoms with E-state index in [1.54, 1.807) is 24.3 Å². The van der Waals surface area contributed by atoms with Crippen molar-refractivity contribution in [1.82, 2.24) is 0 Å². The molecule has 0 radical (unpaired) electrons. The van der Waals surface area contributed by atoms with E-state index in [-0.39, 0.29) is 18.2 Å². The van der Waals surface area contributed by atoms with Crippen LogP contribution in [0, 0.1) is 0 Å². The number of carbonyl (C=O) groups is 2. The van der Waals surface area contributed by atoms with Crippen LogP contribution in [0.1, 0.15) is 20.7 Å². The summed E-state index contributed by atoms with van der Waals surface area (Å²) in [6, 6.07) is 16.1. The maximum absolute atomic E-state index is 13.2. The van der Waals surface area contributed by atoms with Crippen LogP contribution in [0.15, 0.2) is 54.6 Å². The molecule has 2 aliphatic rings. The number of benzene rings is 2. The molecule has 1 N–H and O–H groups in total. The lowest BCUT2D eigenvalue weighted by atomic mass is 9.86. The van der Waals surface area contributed by atoms with E-state index in [2.05, 4.69) is 5.32 Å². The van der Waals surface area contributed by atoms with Gasteiger partial charge in [0.05, 0.1) is 19.8 Å². The van der Waals surface area contributed by atoms with E-state index in [0.29, 0.717) is 30.0 Å². The maximum Gasteiger partial charge on any atom is 0.199 e. The van der Waals surface area contributed by atoms with E-state index in [4.69, 9.17) is 9.47 Å². The second kappa shape index (κ2) is 5.85. The van der Waals surface area contributed by atoms with Crippen molar-refractivity contribution in [2.75, 3.05) is 25.1 Å². The fourth-order valence-electron chi connectivity index (χ4n) is 3.38. The first-order valence-corrected chi connectivity index (χ1v) is 7.94. The average Bonchev–Trinajstić information content (AvgIpc) is 2.86. The first-order chi connectivity index (χ1) is 11.7. The molecule has 0 spiro atoms. The molecule has 1 heterocycles. The summed E-state index contributed by atoms with van der Waals surface area (Å²) in [5, 5.41) is 3.17. The van der Waals surface area contributed by atoms with Crippen LogP contribution in [0.4, 0.5) is 5.69 Å². The van der Waals surface area contributed by atoms with E-state index < -0.39 is 11.6 Å². The molecule has 1 aliphatic heterocycles. The number of ether oxygens (including phenoxy) is 2. The molecule has 1 aliphatic carbocycles. The Bertz CT molecular complexity index is 746. The molecule has 0 bridgehead atoms. The fraction of sp³-hybridized carbons (Fsp3) is 0.263. The number of carbonyl (C=O) groups excluding carboxylic acids is 2. The number of nitrogens with one attached hydrogen (secondary N) is 1. The van der Waals surface area contributed by atoms with Crippen molar-refractivity contribution < 1.29 is 19.1 Å². The van der Waals surface area contributed by atoms with Gasteiger partial charge in [0.25, 0.3) is 0 Å². The number of hydrogen-bond acceptors (Lipinski definition) is 5. The molecule has 4 rings (SSSR count). The average molecular weight is 323 g/mol. The smallest absolute Gasteiger partial charge is 0.199 e. The third kappa shape index (κ3) is 2.17. The quantitative estimate of drug-likeness (QED) is 0.878. The molecule has 1 saturated heterocycles. The summed E-state index contributed by atoms with van der Waals surface area (Å²) < 4.78 is 11.3. The monoisotopic (exact) mass is 323 g/mol. The van der Waals surface area contributed by atoms with Crippen LogP contribution >= 0.6 is 0 Å². The van der Waals surface area contributed by atoms with Gasteiger partial charge in [-0.05, 0) is 12.1 Å². The Balaban J connectivity index is 1.83. The van der Waals surface area contributed by atoms with Gasteiger partial charge in [0, 0.05) is 16.8 Å². The van der Waals surface area contributed by atoms with Crippen LogP contribution in [0.5, 0.6) is 0 Å². The third-order valence-electron chi connectivity index (χ3n) is 4.55. The molecule has 2 aromatic rings. The van der Waals surface area contributed by atoms with Crippen molar-refractivity contribution in [3.05, 3.63) is 65.7 Å². The van der Waals surface area contributed by atoms with Gasteiger partial charge in [-0.2, -0.15) is 0 Å². The Kier molecular flexibility index (Phi) is 3.67. The van der Waals surface area contributed by atoms with Gasteiger partial charge in [-0.25, -0.2) is 0 Å². The molecular weight excluding hydrogens is 306 g/mol. The second-order valence-electron chi connectivity index (χ2n) is 5.94. The first kappa shape index (κ1) is 15.1. The number of fused-ring (bicyclic) bond motifs is 1. The predicted molar refractivity (Wildman–Crippen MR) is 88.5 cm³/mol. The Morgan fingerprint density at radius 2 is 1.50 bits per heavy atom. The highest BCUT2D eigenvalue weighted by molar-refractivity contribution is 6.34. The number of hydrogen-bond donors (Lipinski definition) is 1. The zero-order valence-electron chi connectivity index (χ0n) is 13.0. The van der Waals surface area contributed by atoms with Gasteiger partial charge in [0.1, 0.15) is 6.10 Å². The molecule has 0 saturated carbocycles. The standard InChI is InChI=1S/C19H17NO4/c21-17-14-8-4-5-9-15(14)18(22)19(17,16-12-23-10-11-24-16)20-13-6-2-1-3-7-13/h1-9,16,20H,10-12H2. The molecule has 24 heavy (non-hydrogen) atoms. The minimum absolute atomic E-state index is 0.200. The molecule has 5 heteroatoms. The zero-order chi connectivity index (χ0) is 16.6. The predicted octanol–water partition coefficient (Wildman–Crippen LogP) is 2.33. The highest BCUT2D eigenvalue weighted by Gasteiger charge is 2.59. The highest BCUT2D eigenvalue weighted by Crippen LogP contribution is 2.37. The van der Waals surface area contributed by atoms with Crippen molar-refractivity contribution in [3.8, 4) is 0 Å². The number of rotatable bonds is 3. The minimum Gasteiger partial charge on any atom is -0.376 e. The van der Waals surface area contributed by atoms with Crippen molar-refractivity contribution in [2.45, 2.75) is 11.6 Å². The van der Waals surface area contributed by atoms with Crippen molar-refractivity contribution in [1.29, 1.82) is 0 Å². The number of para-hydroxylation sites is 1. The number of anilines is 1. The molecule has 1 fully saturated rings. The topological polar surface area (TPSA) is 64.6 Å². The van der Waals surface area contributed by atoms with Crippen LogP contribution in [-0.4, -0.2) is 43.0 Å². The van der Waals surface area contributed by atoms with Crippen molar-refractivity contribution in [3.63, 3.8) is 0 Å². The first-order valence-electron chi connectivity index (χ1n) is 7.94. The van der Waals surface area contributed by atoms with Gasteiger partial charge in [-0.15, -0.1) is 0 Å². The van der Waals surface area contributed by atoms with E-state index in [1.165, 1.54) is 0 Å². The third-order valence-corrected chi connectivity index (χ3v) is 4.55. The lowest BCUT2D eigenvalue weighted by Gasteiger charge is -2.37. The van der Waals surface area contributed by atoms with Gasteiger partial charge in [-0.1, -0.05) is 42.5 Å². The minimum atomic E-state index is -1.48. The Morgan fingerprint density at radius 3 is 2.08 bits per heavy atom. The van der Waals surface area contributed by atoms with Gasteiger partial charge in [-0.3, -0.25) is 9.59 Å². The van der Waals surface area contributed by atoms with Crippen LogP contribution in [0.25, 0.3) is 0 Å². The van der Waals surface area contributed by atoms with Gasteiger partial charge >= 0.3 is 0 Å². The summed E-state index contributed by atoms with van der Waals surface area (Å²) in [4.78, 5) is 26.4. The largest absolute Gasteiger partial charge is 0.376 e. The summed E-state index contributed by atoms with van der Waals surface area (Å²) in [7, 11) is 0. The summed E-state index contributed by atoms with van der Waals surface area (Å²) >= 11 is 0. The Hall–Kier alpha value is -2.50. The number of Topliss-reactive ketones (excluding diaryl/α,β-unsaturated/α-hetero) is 2. The zero-order valence-corrected chi connectivity index (χ0v) is 13.0. The lowest BCUT2D eigenvalue weighted by molar-refractivity contribution is -0.100. The van der Waals surface area contributed by atoms with Gasteiger partial charge in [0.2, 0.25) is 0 Å². The summed E-state index contributed by atoms with van der Waals surface area (Å²) in [6.07, 6.45) is -0.668. The fourth-order valence-corrected chi connectivity index (χ4v) is 3.38. The Labute approximate surface area is 139 Å². The van der Waals surface area contributed by atoms with E-state index in [0.717, 1.165) is 0 Å². The van der Waals surface area contributed by atoms with Crippen molar-refractivity contribution >= 4 is 17.3 Å². The molecule has 2 aromatic carbocycles. The molecule has 5 nitrogen and oxygen atoms in total. The van der Waals surface area contributed by atoms with Crippen molar-refractivity contribution in [2.24, 2.45) is 0 Å². The Morgan fingerprint density at radius 1 is 0.875 bits per heavy atom. The number of ketones is 2. The normalized spacial score (nSPS) is 22.2. The molecule has 1 atom stereocenters. The van der Waals surface area contributed by atoms with Crippen LogP contribution in [-0.2, 0) is 9.47 Å². The summed E-state index contributed by atoms with van der Waals surface area (Å²) in [6.45, 7) is 1.03. The van der Waals surface area contributed by atoms with Crippen LogP contribution in [0.3, 0.4) is 0 Å². The van der Waals surface area contributed by atoms with Gasteiger partial charge in [0.15, 0.2) is 17.1 Å².